The molecule has 110 valence electrons. The maximum atomic E-state index is 12.4. The molecule has 4 heteroatoms. The summed E-state index contributed by atoms with van der Waals surface area (Å²) in [5.41, 5.74) is 9.01. The molecule has 3 rings (SSSR count). The van der Waals surface area contributed by atoms with Crippen molar-refractivity contribution in [2.45, 2.75) is 38.6 Å². The molecule has 0 saturated heterocycles. The number of benzene rings is 1. The van der Waals surface area contributed by atoms with E-state index in [0.717, 1.165) is 29.0 Å². The Morgan fingerprint density at radius 2 is 2.05 bits per heavy atom. The summed E-state index contributed by atoms with van der Waals surface area (Å²) in [7, 11) is 0. The highest BCUT2D eigenvalue weighted by Gasteiger charge is 2.19. The number of nitrogens with one attached hydrogen (secondary N) is 1. The first kappa shape index (κ1) is 14.1. The van der Waals surface area contributed by atoms with Crippen LogP contribution >= 0.6 is 11.3 Å². The fraction of sp³-hybridized carbons (Fsp3) is 0.353. The van der Waals surface area contributed by atoms with Crippen molar-refractivity contribution in [3.63, 3.8) is 0 Å². The van der Waals surface area contributed by atoms with Crippen LogP contribution in [0.2, 0.25) is 0 Å². The Bertz CT molecular complexity index is 639. The number of anilines is 1. The molecule has 1 atom stereocenters. The average molecular weight is 300 g/mol. The minimum atomic E-state index is -0.0853. The van der Waals surface area contributed by atoms with E-state index in [1.807, 2.05) is 31.2 Å². The van der Waals surface area contributed by atoms with Crippen LogP contribution in [-0.4, -0.2) is 5.91 Å². The van der Waals surface area contributed by atoms with Crippen molar-refractivity contribution in [2.75, 3.05) is 5.73 Å². The van der Waals surface area contributed by atoms with Gasteiger partial charge in [-0.2, -0.15) is 0 Å². The third-order valence-corrected chi connectivity index (χ3v) is 5.27. The molecule has 0 spiro atoms. The zero-order valence-corrected chi connectivity index (χ0v) is 13.0. The second-order valence-electron chi connectivity index (χ2n) is 5.59. The minimum absolute atomic E-state index is 0.00477. The number of hydrogen-bond acceptors (Lipinski definition) is 3. The molecule has 1 heterocycles. The van der Waals surface area contributed by atoms with Crippen molar-refractivity contribution in [3.05, 3.63) is 51.2 Å². The molecule has 1 aliphatic rings. The molecule has 0 saturated carbocycles. The number of amides is 1. The van der Waals surface area contributed by atoms with Gasteiger partial charge in [0.15, 0.2) is 0 Å². The van der Waals surface area contributed by atoms with Crippen molar-refractivity contribution < 1.29 is 4.79 Å². The van der Waals surface area contributed by atoms with Gasteiger partial charge in [0.05, 0.1) is 10.9 Å². The molecule has 1 amide bonds. The summed E-state index contributed by atoms with van der Waals surface area (Å²) in [5.74, 6) is 0.00477. The van der Waals surface area contributed by atoms with Gasteiger partial charge in [0.2, 0.25) is 0 Å². The van der Waals surface area contributed by atoms with Crippen molar-refractivity contribution >= 4 is 22.9 Å². The van der Waals surface area contributed by atoms with Crippen LogP contribution in [0.3, 0.4) is 0 Å². The van der Waals surface area contributed by atoms with Gasteiger partial charge >= 0.3 is 0 Å². The lowest BCUT2D eigenvalue weighted by atomic mass is 9.99. The lowest BCUT2D eigenvalue weighted by Crippen LogP contribution is -2.26. The van der Waals surface area contributed by atoms with E-state index >= 15 is 0 Å². The van der Waals surface area contributed by atoms with Crippen LogP contribution in [0.25, 0.3) is 0 Å². The topological polar surface area (TPSA) is 55.1 Å². The molecular formula is C17H20N2OS. The maximum absolute atomic E-state index is 12.4. The Balaban J connectivity index is 1.74. The number of nitrogens with two attached hydrogens (primary N) is 1. The van der Waals surface area contributed by atoms with Gasteiger partial charge in [0.25, 0.3) is 5.91 Å². The quantitative estimate of drug-likeness (QED) is 0.849. The number of thiophene rings is 1. The van der Waals surface area contributed by atoms with Crippen molar-refractivity contribution in [2.24, 2.45) is 0 Å². The summed E-state index contributed by atoms with van der Waals surface area (Å²) in [4.78, 5) is 14.6. The number of nitrogen functional groups attached to an aromatic ring is 1. The summed E-state index contributed by atoms with van der Waals surface area (Å²) in [6, 6.07) is 9.65. The Morgan fingerprint density at radius 3 is 2.81 bits per heavy atom. The first-order valence-electron chi connectivity index (χ1n) is 7.42. The van der Waals surface area contributed by atoms with Gasteiger partial charge in [0.1, 0.15) is 0 Å². The fourth-order valence-corrected chi connectivity index (χ4v) is 4.01. The van der Waals surface area contributed by atoms with Crippen LogP contribution < -0.4 is 11.1 Å². The molecule has 21 heavy (non-hydrogen) atoms. The molecule has 1 aromatic carbocycles. The van der Waals surface area contributed by atoms with Crippen LogP contribution in [0.1, 0.15) is 51.5 Å². The van der Waals surface area contributed by atoms with E-state index in [9.17, 15) is 4.79 Å². The number of hydrogen-bond donors (Lipinski definition) is 2. The predicted molar refractivity (Wildman–Crippen MR) is 87.7 cm³/mol. The smallest absolute Gasteiger partial charge is 0.261 e. The molecule has 0 fully saturated rings. The van der Waals surface area contributed by atoms with Crippen molar-refractivity contribution in [1.29, 1.82) is 0 Å². The van der Waals surface area contributed by atoms with Crippen LogP contribution in [0.15, 0.2) is 30.3 Å². The number of carbonyl (C=O) groups is 1. The monoisotopic (exact) mass is 300 g/mol. The van der Waals surface area contributed by atoms with Gasteiger partial charge in [0, 0.05) is 10.6 Å². The summed E-state index contributed by atoms with van der Waals surface area (Å²) in [5, 5.41) is 3.05. The van der Waals surface area contributed by atoms with E-state index in [1.54, 1.807) is 11.3 Å². The second kappa shape index (κ2) is 5.90. The van der Waals surface area contributed by atoms with E-state index in [2.05, 4.69) is 11.4 Å². The number of fused-ring (bicyclic) bond motifs is 1. The van der Waals surface area contributed by atoms with E-state index in [-0.39, 0.29) is 11.9 Å². The minimum Gasteiger partial charge on any atom is -0.398 e. The zero-order valence-electron chi connectivity index (χ0n) is 12.2. The number of rotatable bonds is 3. The van der Waals surface area contributed by atoms with Crippen molar-refractivity contribution in [1.82, 2.24) is 5.32 Å². The molecule has 0 radical (unpaired) electrons. The van der Waals surface area contributed by atoms with Gasteiger partial charge in [-0.3, -0.25) is 4.79 Å². The summed E-state index contributed by atoms with van der Waals surface area (Å²) >= 11 is 1.64. The molecular weight excluding hydrogens is 280 g/mol. The summed E-state index contributed by atoms with van der Waals surface area (Å²) in [6.07, 6.45) is 4.71. The molecule has 3 N–H and O–H groups in total. The van der Waals surface area contributed by atoms with Gasteiger partial charge in [-0.05, 0) is 55.9 Å². The molecule has 3 nitrogen and oxygen atoms in total. The van der Waals surface area contributed by atoms with Crippen LogP contribution in [-0.2, 0) is 12.8 Å². The number of carbonyl (C=O) groups excluding carboxylic acids is 1. The first-order chi connectivity index (χ1) is 10.1. The molecule has 0 aliphatic heterocycles. The lowest BCUT2D eigenvalue weighted by molar-refractivity contribution is 0.0944. The van der Waals surface area contributed by atoms with Crippen LogP contribution in [0.5, 0.6) is 0 Å². The van der Waals surface area contributed by atoms with E-state index in [0.29, 0.717) is 0 Å². The van der Waals surface area contributed by atoms with Gasteiger partial charge in [-0.1, -0.05) is 18.2 Å². The van der Waals surface area contributed by atoms with E-state index < -0.39 is 0 Å². The third kappa shape index (κ3) is 2.95. The Hall–Kier alpha value is -1.81. The van der Waals surface area contributed by atoms with Crippen LogP contribution in [0, 0.1) is 0 Å². The predicted octanol–water partition coefficient (Wildman–Crippen LogP) is 3.70. The van der Waals surface area contributed by atoms with E-state index in [4.69, 9.17) is 5.73 Å². The summed E-state index contributed by atoms with van der Waals surface area (Å²) < 4.78 is 0. The van der Waals surface area contributed by atoms with Gasteiger partial charge in [-0.15, -0.1) is 11.3 Å². The fourth-order valence-electron chi connectivity index (χ4n) is 2.85. The number of aryl methyl sites for hydroxylation is 2. The highest BCUT2D eigenvalue weighted by molar-refractivity contribution is 7.14. The molecule has 1 aromatic heterocycles. The number of para-hydroxylation sites is 1. The zero-order chi connectivity index (χ0) is 14.8. The highest BCUT2D eigenvalue weighted by Crippen LogP contribution is 2.30. The lowest BCUT2D eigenvalue weighted by Gasteiger charge is -2.15. The standard InChI is InChI=1S/C17H20N2OS/c1-11(13-7-3-4-8-14(13)18)19-17(20)16-10-12-6-2-5-9-15(12)21-16/h3-4,7-8,10-11H,2,5-6,9,18H2,1H3,(H,19,20). The Morgan fingerprint density at radius 1 is 1.29 bits per heavy atom. The van der Waals surface area contributed by atoms with Gasteiger partial charge in [-0.25, -0.2) is 0 Å². The Kier molecular flexibility index (Phi) is 3.97. The normalized spacial score (nSPS) is 15.3. The highest BCUT2D eigenvalue weighted by atomic mass is 32.1. The van der Waals surface area contributed by atoms with Gasteiger partial charge < -0.3 is 11.1 Å². The molecule has 2 aromatic rings. The van der Waals surface area contributed by atoms with Crippen LogP contribution in [0.4, 0.5) is 5.69 Å². The molecule has 1 aliphatic carbocycles. The first-order valence-corrected chi connectivity index (χ1v) is 8.23. The largest absolute Gasteiger partial charge is 0.398 e. The van der Waals surface area contributed by atoms with E-state index in [1.165, 1.54) is 23.3 Å². The van der Waals surface area contributed by atoms with Crippen molar-refractivity contribution in [3.8, 4) is 0 Å². The third-order valence-electron chi connectivity index (χ3n) is 4.03. The molecule has 0 bridgehead atoms. The SMILES string of the molecule is CC(NC(=O)c1cc2c(s1)CCCC2)c1ccccc1N. The average Bonchev–Trinajstić information content (AvgIpc) is 2.91. The Labute approximate surface area is 129 Å². The second-order valence-corrected chi connectivity index (χ2v) is 6.73. The summed E-state index contributed by atoms with van der Waals surface area (Å²) in [6.45, 7) is 1.97. The maximum Gasteiger partial charge on any atom is 0.261 e. The molecule has 1 unspecified atom stereocenters.